The molecule has 7 heteroatoms. The molecule has 0 saturated heterocycles. The van der Waals surface area contributed by atoms with Crippen LogP contribution in [0.4, 0.5) is 0 Å². The Bertz CT molecular complexity index is 1190. The monoisotopic (exact) mass is 433 g/mol. The summed E-state index contributed by atoms with van der Waals surface area (Å²) in [4.78, 5) is 25.8. The van der Waals surface area contributed by atoms with Gasteiger partial charge in [-0.1, -0.05) is 50.0 Å². The van der Waals surface area contributed by atoms with Gasteiger partial charge in [-0.05, 0) is 30.2 Å². The van der Waals surface area contributed by atoms with Crippen LogP contribution in [-0.2, 0) is 13.1 Å². The number of ether oxygens (including phenoxy) is 2. The van der Waals surface area contributed by atoms with Crippen molar-refractivity contribution in [2.45, 2.75) is 39.3 Å². The SMILES string of the molecule is C#CCOc1cc(CNC(=O)c2nn(CCCCC)c(=O)c3ccccc23)ccc1OC. The maximum atomic E-state index is 13.0. The predicted molar refractivity (Wildman–Crippen MR) is 124 cm³/mol. The number of nitrogens with zero attached hydrogens (tertiary/aromatic N) is 2. The number of hydrogen-bond donors (Lipinski definition) is 1. The number of methoxy groups -OCH3 is 1. The zero-order valence-corrected chi connectivity index (χ0v) is 18.4. The van der Waals surface area contributed by atoms with Gasteiger partial charge in [0.25, 0.3) is 11.5 Å². The molecule has 1 amide bonds. The van der Waals surface area contributed by atoms with E-state index >= 15 is 0 Å². The van der Waals surface area contributed by atoms with Crippen LogP contribution in [-0.4, -0.2) is 29.4 Å². The normalized spacial score (nSPS) is 10.5. The molecule has 0 spiro atoms. The third-order valence-corrected chi connectivity index (χ3v) is 5.05. The third-order valence-electron chi connectivity index (χ3n) is 5.05. The highest BCUT2D eigenvalue weighted by molar-refractivity contribution is 6.04. The van der Waals surface area contributed by atoms with Gasteiger partial charge in [0, 0.05) is 18.5 Å². The molecule has 7 nitrogen and oxygen atoms in total. The van der Waals surface area contributed by atoms with E-state index in [4.69, 9.17) is 15.9 Å². The summed E-state index contributed by atoms with van der Waals surface area (Å²) in [6, 6.07) is 12.4. The van der Waals surface area contributed by atoms with Gasteiger partial charge in [-0.2, -0.15) is 5.10 Å². The number of nitrogens with one attached hydrogen (secondary N) is 1. The maximum Gasteiger partial charge on any atom is 0.274 e. The number of terminal acetylenes is 1. The van der Waals surface area contributed by atoms with E-state index in [1.54, 1.807) is 43.5 Å². The van der Waals surface area contributed by atoms with Gasteiger partial charge in [0.2, 0.25) is 0 Å². The second kappa shape index (κ2) is 11.0. The van der Waals surface area contributed by atoms with Crippen molar-refractivity contribution in [1.82, 2.24) is 15.1 Å². The molecule has 0 unspecified atom stereocenters. The predicted octanol–water partition coefficient (Wildman–Crippen LogP) is 3.54. The molecule has 2 aromatic carbocycles. The molecular weight excluding hydrogens is 406 g/mol. The summed E-state index contributed by atoms with van der Waals surface area (Å²) in [5.41, 5.74) is 0.861. The molecular formula is C25H27N3O4. The van der Waals surface area contributed by atoms with Crippen LogP contribution >= 0.6 is 0 Å². The van der Waals surface area contributed by atoms with Crippen molar-refractivity contribution in [3.63, 3.8) is 0 Å². The molecule has 1 N–H and O–H groups in total. The average Bonchev–Trinajstić information content (AvgIpc) is 2.82. The summed E-state index contributed by atoms with van der Waals surface area (Å²) >= 11 is 0. The molecule has 0 aliphatic rings. The minimum absolute atomic E-state index is 0.113. The van der Waals surface area contributed by atoms with E-state index in [-0.39, 0.29) is 30.3 Å². The molecule has 0 aliphatic heterocycles. The Morgan fingerprint density at radius 1 is 1.16 bits per heavy atom. The molecule has 0 radical (unpaired) electrons. The molecule has 0 atom stereocenters. The lowest BCUT2D eigenvalue weighted by Gasteiger charge is -2.13. The van der Waals surface area contributed by atoms with E-state index < -0.39 is 0 Å². The van der Waals surface area contributed by atoms with Gasteiger partial charge in [0.1, 0.15) is 6.61 Å². The smallest absolute Gasteiger partial charge is 0.274 e. The summed E-state index contributed by atoms with van der Waals surface area (Å²) in [5, 5.41) is 8.31. The number of carbonyl (C=O) groups excluding carboxylic acids is 1. The molecule has 0 fully saturated rings. The number of fused-ring (bicyclic) bond motifs is 1. The van der Waals surface area contributed by atoms with Crippen molar-refractivity contribution in [2.75, 3.05) is 13.7 Å². The highest BCUT2D eigenvalue weighted by Crippen LogP contribution is 2.28. The maximum absolute atomic E-state index is 13.0. The van der Waals surface area contributed by atoms with Crippen LogP contribution < -0.4 is 20.3 Å². The fourth-order valence-corrected chi connectivity index (χ4v) is 3.40. The average molecular weight is 434 g/mol. The lowest BCUT2D eigenvalue weighted by molar-refractivity contribution is 0.0945. The van der Waals surface area contributed by atoms with Crippen LogP contribution in [0.1, 0.15) is 42.2 Å². The topological polar surface area (TPSA) is 82.5 Å². The molecule has 0 aliphatic carbocycles. The van der Waals surface area contributed by atoms with Crippen LogP contribution in [0.2, 0.25) is 0 Å². The van der Waals surface area contributed by atoms with Crippen molar-refractivity contribution >= 4 is 16.7 Å². The highest BCUT2D eigenvalue weighted by atomic mass is 16.5. The number of aryl methyl sites for hydroxylation is 1. The molecule has 3 aromatic rings. The second-order valence-electron chi connectivity index (χ2n) is 7.29. The van der Waals surface area contributed by atoms with Gasteiger partial charge in [-0.25, -0.2) is 4.68 Å². The first kappa shape index (κ1) is 22.9. The lowest BCUT2D eigenvalue weighted by atomic mass is 10.1. The van der Waals surface area contributed by atoms with Crippen LogP contribution in [0.25, 0.3) is 10.8 Å². The number of carbonyl (C=O) groups is 1. The molecule has 1 aromatic heterocycles. The van der Waals surface area contributed by atoms with E-state index in [1.165, 1.54) is 4.68 Å². The molecule has 1 heterocycles. The van der Waals surface area contributed by atoms with Crippen LogP contribution in [0.5, 0.6) is 11.5 Å². The molecule has 0 bridgehead atoms. The summed E-state index contributed by atoms with van der Waals surface area (Å²) in [5.74, 6) is 3.13. The first-order valence-corrected chi connectivity index (χ1v) is 10.6. The van der Waals surface area contributed by atoms with Crippen LogP contribution in [0, 0.1) is 12.3 Å². The second-order valence-corrected chi connectivity index (χ2v) is 7.29. The Balaban J connectivity index is 1.85. The first-order valence-electron chi connectivity index (χ1n) is 10.6. The largest absolute Gasteiger partial charge is 0.493 e. The zero-order chi connectivity index (χ0) is 22.9. The molecule has 166 valence electrons. The summed E-state index contributed by atoms with van der Waals surface area (Å²) in [7, 11) is 1.55. The van der Waals surface area contributed by atoms with Gasteiger partial charge in [-0.3, -0.25) is 9.59 Å². The highest BCUT2D eigenvalue weighted by Gasteiger charge is 2.17. The number of rotatable bonds is 10. The minimum Gasteiger partial charge on any atom is -0.493 e. The Labute approximate surface area is 187 Å². The zero-order valence-electron chi connectivity index (χ0n) is 18.4. The first-order chi connectivity index (χ1) is 15.6. The number of hydrogen-bond acceptors (Lipinski definition) is 5. The lowest BCUT2D eigenvalue weighted by Crippen LogP contribution is -2.30. The van der Waals surface area contributed by atoms with E-state index in [1.807, 2.05) is 6.07 Å². The van der Waals surface area contributed by atoms with Crippen molar-refractivity contribution in [3.8, 4) is 23.8 Å². The number of unbranched alkanes of at least 4 members (excludes halogenated alkanes) is 2. The van der Waals surface area contributed by atoms with Gasteiger partial charge in [0.15, 0.2) is 17.2 Å². The Morgan fingerprint density at radius 2 is 1.94 bits per heavy atom. The van der Waals surface area contributed by atoms with Crippen molar-refractivity contribution < 1.29 is 14.3 Å². The number of aromatic nitrogens is 2. The molecule has 0 saturated carbocycles. The van der Waals surface area contributed by atoms with E-state index in [2.05, 4.69) is 23.3 Å². The van der Waals surface area contributed by atoms with Gasteiger partial charge >= 0.3 is 0 Å². The van der Waals surface area contributed by atoms with Gasteiger partial charge in [-0.15, -0.1) is 6.42 Å². The summed E-state index contributed by atoms with van der Waals surface area (Å²) in [6.45, 7) is 2.94. The van der Waals surface area contributed by atoms with E-state index in [9.17, 15) is 9.59 Å². The Kier molecular flexibility index (Phi) is 7.87. The fraction of sp³-hybridized carbons (Fsp3) is 0.320. The summed E-state index contributed by atoms with van der Waals surface area (Å²) in [6.07, 6.45) is 8.12. The van der Waals surface area contributed by atoms with E-state index in [0.717, 1.165) is 24.8 Å². The van der Waals surface area contributed by atoms with E-state index in [0.29, 0.717) is 28.8 Å². The minimum atomic E-state index is -0.354. The van der Waals surface area contributed by atoms with Gasteiger partial charge < -0.3 is 14.8 Å². The Morgan fingerprint density at radius 3 is 2.66 bits per heavy atom. The van der Waals surface area contributed by atoms with Gasteiger partial charge in [0.05, 0.1) is 12.5 Å². The molecule has 3 rings (SSSR count). The van der Waals surface area contributed by atoms with Crippen LogP contribution in [0.15, 0.2) is 47.3 Å². The number of benzene rings is 2. The standard InChI is InChI=1S/C25H27N3O4/c1-4-6-9-14-28-25(30)20-11-8-7-10-19(20)23(27-28)24(29)26-17-18-12-13-21(31-3)22(16-18)32-15-5-2/h2,7-8,10-13,16H,4,6,9,14-15,17H2,1,3H3,(H,26,29). The van der Waals surface area contributed by atoms with Crippen molar-refractivity contribution in [3.05, 3.63) is 64.1 Å². The third kappa shape index (κ3) is 5.27. The Hall–Kier alpha value is -3.79. The van der Waals surface area contributed by atoms with Crippen molar-refractivity contribution in [2.24, 2.45) is 0 Å². The molecule has 32 heavy (non-hydrogen) atoms. The van der Waals surface area contributed by atoms with Crippen molar-refractivity contribution in [1.29, 1.82) is 0 Å². The van der Waals surface area contributed by atoms with Crippen LogP contribution in [0.3, 0.4) is 0 Å². The number of amides is 1. The quantitative estimate of drug-likeness (QED) is 0.391. The fourth-order valence-electron chi connectivity index (χ4n) is 3.40. The summed E-state index contributed by atoms with van der Waals surface area (Å²) < 4.78 is 12.2.